The second-order valence-corrected chi connectivity index (χ2v) is 2.46. The summed E-state index contributed by atoms with van der Waals surface area (Å²) in [5, 5.41) is 0. The maximum atomic E-state index is 13.0. The van der Waals surface area contributed by atoms with E-state index in [0.717, 1.165) is 0 Å². The second kappa shape index (κ2) is 4.26. The minimum absolute atomic E-state index is 0.0337. The molecule has 0 saturated carbocycles. The molecule has 0 aromatic carbocycles. The molecule has 0 fully saturated rings. The average Bonchev–Trinajstić information content (AvgIpc) is 2.09. The summed E-state index contributed by atoms with van der Waals surface area (Å²) in [5.74, 6) is -0.169. The van der Waals surface area contributed by atoms with Crippen LogP contribution in [0.4, 0.5) is 4.39 Å². The molecule has 1 heterocycles. The van der Waals surface area contributed by atoms with Gasteiger partial charge in [0.05, 0.1) is 6.61 Å². The maximum Gasteiger partial charge on any atom is 0.250 e. The third kappa shape index (κ3) is 2.08. The standard InChI is InChI=1S/C8H9ClFNO/c1-2-12-8-7(10)3-6(4-9)5-11-8/h3,5H,2,4H2,1H3. The number of ether oxygens (including phenoxy) is 1. The van der Waals surface area contributed by atoms with Crippen LogP contribution in [0.25, 0.3) is 0 Å². The number of pyridine rings is 1. The molecule has 1 aromatic rings. The number of hydrogen-bond acceptors (Lipinski definition) is 2. The van der Waals surface area contributed by atoms with E-state index in [1.54, 1.807) is 6.92 Å². The number of rotatable bonds is 3. The van der Waals surface area contributed by atoms with E-state index in [-0.39, 0.29) is 11.8 Å². The molecule has 0 N–H and O–H groups in total. The smallest absolute Gasteiger partial charge is 0.250 e. The fraction of sp³-hybridized carbons (Fsp3) is 0.375. The van der Waals surface area contributed by atoms with Crippen molar-refractivity contribution in [1.29, 1.82) is 0 Å². The van der Waals surface area contributed by atoms with Crippen LogP contribution in [0, 0.1) is 5.82 Å². The first-order chi connectivity index (χ1) is 5.77. The van der Waals surface area contributed by atoms with Gasteiger partial charge in [-0.3, -0.25) is 0 Å². The molecule has 0 aliphatic rings. The normalized spacial score (nSPS) is 9.92. The summed E-state index contributed by atoms with van der Waals surface area (Å²) in [4.78, 5) is 3.76. The summed E-state index contributed by atoms with van der Waals surface area (Å²) < 4.78 is 17.9. The Morgan fingerprint density at radius 2 is 2.42 bits per heavy atom. The van der Waals surface area contributed by atoms with Crippen LogP contribution in [0.15, 0.2) is 12.3 Å². The van der Waals surface area contributed by atoms with E-state index < -0.39 is 5.82 Å². The minimum Gasteiger partial charge on any atom is -0.476 e. The Kier molecular flexibility index (Phi) is 3.29. The van der Waals surface area contributed by atoms with Gasteiger partial charge < -0.3 is 4.74 Å². The Labute approximate surface area is 75.3 Å². The van der Waals surface area contributed by atoms with E-state index in [0.29, 0.717) is 12.2 Å². The van der Waals surface area contributed by atoms with Crippen molar-refractivity contribution in [2.75, 3.05) is 6.61 Å². The lowest BCUT2D eigenvalue weighted by Gasteiger charge is -2.03. The number of halogens is 2. The molecule has 0 aliphatic heterocycles. The third-order valence-electron chi connectivity index (χ3n) is 1.30. The Balaban J connectivity index is 2.87. The van der Waals surface area contributed by atoms with E-state index in [9.17, 15) is 4.39 Å². The molecular formula is C8H9ClFNO. The molecule has 0 amide bonds. The molecule has 0 spiro atoms. The zero-order valence-corrected chi connectivity index (χ0v) is 7.44. The Morgan fingerprint density at radius 1 is 1.67 bits per heavy atom. The van der Waals surface area contributed by atoms with Crippen LogP contribution in [0.5, 0.6) is 5.88 Å². The third-order valence-corrected chi connectivity index (χ3v) is 1.61. The number of alkyl halides is 1. The molecule has 0 saturated heterocycles. The fourth-order valence-electron chi connectivity index (χ4n) is 0.781. The molecule has 2 nitrogen and oxygen atoms in total. The minimum atomic E-state index is -0.463. The lowest BCUT2D eigenvalue weighted by molar-refractivity contribution is 0.307. The van der Waals surface area contributed by atoms with Crippen molar-refractivity contribution >= 4 is 11.6 Å². The van der Waals surface area contributed by atoms with Gasteiger partial charge in [0.1, 0.15) is 0 Å². The van der Waals surface area contributed by atoms with Gasteiger partial charge in [0.2, 0.25) is 5.88 Å². The highest BCUT2D eigenvalue weighted by Crippen LogP contribution is 2.15. The van der Waals surface area contributed by atoms with E-state index in [4.69, 9.17) is 16.3 Å². The van der Waals surface area contributed by atoms with Crippen LogP contribution in [0.2, 0.25) is 0 Å². The van der Waals surface area contributed by atoms with Gasteiger partial charge in [-0.15, -0.1) is 11.6 Å². The Morgan fingerprint density at radius 3 is 2.92 bits per heavy atom. The molecule has 0 aliphatic carbocycles. The molecule has 1 rings (SSSR count). The maximum absolute atomic E-state index is 13.0. The Bertz CT molecular complexity index is 267. The molecule has 0 bridgehead atoms. The summed E-state index contributed by atoms with van der Waals surface area (Å²) in [6.07, 6.45) is 1.50. The summed E-state index contributed by atoms with van der Waals surface area (Å²) >= 11 is 5.48. The van der Waals surface area contributed by atoms with Crippen molar-refractivity contribution in [2.24, 2.45) is 0 Å². The lowest BCUT2D eigenvalue weighted by atomic mass is 10.3. The molecule has 4 heteroatoms. The average molecular weight is 190 g/mol. The van der Waals surface area contributed by atoms with E-state index in [2.05, 4.69) is 4.98 Å². The monoisotopic (exact) mass is 189 g/mol. The summed E-state index contributed by atoms with van der Waals surface area (Å²) in [6.45, 7) is 2.18. The van der Waals surface area contributed by atoms with Gasteiger partial charge in [-0.1, -0.05) is 0 Å². The van der Waals surface area contributed by atoms with Gasteiger partial charge in [-0.2, -0.15) is 0 Å². The highest BCUT2D eigenvalue weighted by atomic mass is 35.5. The summed E-state index contributed by atoms with van der Waals surface area (Å²) in [6, 6.07) is 1.32. The van der Waals surface area contributed by atoms with Gasteiger partial charge in [-0.25, -0.2) is 9.37 Å². The van der Waals surface area contributed by atoms with Crippen LogP contribution in [-0.4, -0.2) is 11.6 Å². The van der Waals surface area contributed by atoms with Crippen LogP contribution in [0.3, 0.4) is 0 Å². The molecule has 0 radical (unpaired) electrons. The van der Waals surface area contributed by atoms with Crippen molar-refractivity contribution in [1.82, 2.24) is 4.98 Å². The van der Waals surface area contributed by atoms with Crippen LogP contribution in [0.1, 0.15) is 12.5 Å². The molecule has 0 unspecified atom stereocenters. The molecule has 1 aromatic heterocycles. The number of aromatic nitrogens is 1. The zero-order chi connectivity index (χ0) is 8.97. The van der Waals surface area contributed by atoms with E-state index >= 15 is 0 Å². The van der Waals surface area contributed by atoms with Gasteiger partial charge in [0.15, 0.2) is 5.82 Å². The largest absolute Gasteiger partial charge is 0.476 e. The fourth-order valence-corrected chi connectivity index (χ4v) is 0.927. The first-order valence-electron chi connectivity index (χ1n) is 3.61. The summed E-state index contributed by atoms with van der Waals surface area (Å²) in [7, 11) is 0. The molecule has 0 atom stereocenters. The predicted molar refractivity (Wildman–Crippen MR) is 44.9 cm³/mol. The van der Waals surface area contributed by atoms with Crippen molar-refractivity contribution < 1.29 is 9.13 Å². The highest BCUT2D eigenvalue weighted by Gasteiger charge is 2.04. The molecule has 12 heavy (non-hydrogen) atoms. The van der Waals surface area contributed by atoms with Crippen LogP contribution >= 0.6 is 11.6 Å². The first kappa shape index (κ1) is 9.26. The Hall–Kier alpha value is -0.830. The zero-order valence-electron chi connectivity index (χ0n) is 6.68. The van der Waals surface area contributed by atoms with Crippen LogP contribution < -0.4 is 4.74 Å². The molecular weight excluding hydrogens is 181 g/mol. The van der Waals surface area contributed by atoms with Gasteiger partial charge >= 0.3 is 0 Å². The highest BCUT2D eigenvalue weighted by molar-refractivity contribution is 6.17. The summed E-state index contributed by atoms with van der Waals surface area (Å²) in [5.41, 5.74) is 0.651. The lowest BCUT2D eigenvalue weighted by Crippen LogP contribution is -1.98. The van der Waals surface area contributed by atoms with E-state index in [1.807, 2.05) is 0 Å². The van der Waals surface area contributed by atoms with Crippen molar-refractivity contribution in [3.8, 4) is 5.88 Å². The molecule has 66 valence electrons. The van der Waals surface area contributed by atoms with Gasteiger partial charge in [0, 0.05) is 12.1 Å². The number of hydrogen-bond donors (Lipinski definition) is 0. The van der Waals surface area contributed by atoms with Crippen molar-refractivity contribution in [3.63, 3.8) is 0 Å². The SMILES string of the molecule is CCOc1ncc(CCl)cc1F. The second-order valence-electron chi connectivity index (χ2n) is 2.20. The topological polar surface area (TPSA) is 22.1 Å². The number of nitrogens with zero attached hydrogens (tertiary/aromatic N) is 1. The van der Waals surface area contributed by atoms with Crippen molar-refractivity contribution in [2.45, 2.75) is 12.8 Å². The van der Waals surface area contributed by atoms with Gasteiger partial charge in [-0.05, 0) is 18.6 Å². The van der Waals surface area contributed by atoms with E-state index in [1.165, 1.54) is 12.3 Å². The first-order valence-corrected chi connectivity index (χ1v) is 4.14. The predicted octanol–water partition coefficient (Wildman–Crippen LogP) is 2.36. The van der Waals surface area contributed by atoms with Crippen molar-refractivity contribution in [3.05, 3.63) is 23.6 Å². The van der Waals surface area contributed by atoms with Gasteiger partial charge in [0.25, 0.3) is 0 Å². The van der Waals surface area contributed by atoms with Crippen LogP contribution in [-0.2, 0) is 5.88 Å². The quantitative estimate of drug-likeness (QED) is 0.681.